The van der Waals surface area contributed by atoms with Crippen LogP contribution in [0.1, 0.15) is 25.0 Å². The van der Waals surface area contributed by atoms with Gasteiger partial charge in [-0.1, -0.05) is 36.4 Å². The summed E-state index contributed by atoms with van der Waals surface area (Å²) < 4.78 is 4.90. The molecule has 2 heteroatoms. The second-order valence-corrected chi connectivity index (χ2v) is 2.93. The number of benzene rings is 1. The molecule has 0 atom stereocenters. The minimum absolute atomic E-state index is 0.589. The van der Waals surface area contributed by atoms with E-state index in [1.807, 2.05) is 50.3 Å². The molecular formula is C13H13NO. The average Bonchev–Trinajstić information content (AvgIpc) is 2.27. The van der Waals surface area contributed by atoms with Gasteiger partial charge in [-0.3, -0.25) is 0 Å². The summed E-state index contributed by atoms with van der Waals surface area (Å²) in [6, 6.07) is 7.80. The molecular weight excluding hydrogens is 186 g/mol. The number of ether oxygens (including phenoxy) is 1. The first-order chi connectivity index (χ1) is 7.33. The van der Waals surface area contributed by atoms with E-state index in [0.29, 0.717) is 5.76 Å². The van der Waals surface area contributed by atoms with E-state index in [1.54, 1.807) is 12.3 Å². The van der Waals surface area contributed by atoms with Crippen molar-refractivity contribution in [2.75, 3.05) is 0 Å². The molecule has 76 valence electrons. The maximum absolute atomic E-state index is 8.52. The van der Waals surface area contributed by atoms with Gasteiger partial charge in [0.1, 0.15) is 5.76 Å². The van der Waals surface area contributed by atoms with E-state index in [4.69, 9.17) is 10.00 Å². The van der Waals surface area contributed by atoms with Gasteiger partial charge in [-0.25, -0.2) is 0 Å². The van der Waals surface area contributed by atoms with Crippen LogP contribution in [0.4, 0.5) is 0 Å². The van der Waals surface area contributed by atoms with Crippen molar-refractivity contribution >= 4 is 11.8 Å². The van der Waals surface area contributed by atoms with E-state index < -0.39 is 0 Å². The number of hydrogen-bond donors (Lipinski definition) is 0. The molecule has 0 radical (unpaired) electrons. The average molecular weight is 199 g/mol. The number of rotatable bonds is 3. The molecule has 1 aromatic carbocycles. The van der Waals surface area contributed by atoms with Gasteiger partial charge in [0.05, 0.1) is 0 Å². The number of hydrogen-bond acceptors (Lipinski definition) is 2. The Kier molecular flexibility index (Phi) is 4.18. The van der Waals surface area contributed by atoms with Gasteiger partial charge in [-0.05, 0) is 25.5 Å². The first kappa shape index (κ1) is 11.1. The Morgan fingerprint density at radius 1 is 1.33 bits per heavy atom. The summed E-state index contributed by atoms with van der Waals surface area (Å²) in [6.45, 7) is 3.80. The van der Waals surface area contributed by atoms with Gasteiger partial charge >= 0.3 is 0 Å². The normalized spacial score (nSPS) is 11.4. The van der Waals surface area contributed by atoms with E-state index in [1.165, 1.54) is 0 Å². The molecule has 0 aliphatic carbocycles. The lowest BCUT2D eigenvalue weighted by Crippen LogP contribution is -1.90. The van der Waals surface area contributed by atoms with E-state index in [2.05, 4.69) is 0 Å². The molecule has 0 spiro atoms. The van der Waals surface area contributed by atoms with Gasteiger partial charge in [0.15, 0.2) is 0 Å². The Labute approximate surface area is 90.1 Å². The summed E-state index contributed by atoms with van der Waals surface area (Å²) in [6.07, 6.45) is 7.42. The third-order valence-corrected chi connectivity index (χ3v) is 1.99. The third-order valence-electron chi connectivity index (χ3n) is 1.99. The fraction of sp³-hybridized carbons (Fsp3) is 0.154. The molecule has 0 fully saturated rings. The van der Waals surface area contributed by atoms with Crippen molar-refractivity contribution < 1.29 is 4.74 Å². The SMILES string of the molecule is C/C=C\c1ccccc1/C(=C\C)OC#N. The summed E-state index contributed by atoms with van der Waals surface area (Å²) in [7, 11) is 0. The van der Waals surface area contributed by atoms with E-state index in [9.17, 15) is 0 Å². The molecule has 0 N–H and O–H groups in total. The predicted molar refractivity (Wildman–Crippen MR) is 61.5 cm³/mol. The van der Waals surface area contributed by atoms with Gasteiger partial charge in [0, 0.05) is 5.56 Å². The molecule has 0 amide bonds. The fourth-order valence-corrected chi connectivity index (χ4v) is 1.36. The summed E-state index contributed by atoms with van der Waals surface area (Å²) in [5.41, 5.74) is 1.98. The third kappa shape index (κ3) is 2.72. The van der Waals surface area contributed by atoms with Crippen LogP contribution in [0.15, 0.2) is 36.4 Å². The molecule has 15 heavy (non-hydrogen) atoms. The van der Waals surface area contributed by atoms with Crippen molar-refractivity contribution in [1.82, 2.24) is 0 Å². The zero-order valence-corrected chi connectivity index (χ0v) is 8.90. The molecule has 0 heterocycles. The van der Waals surface area contributed by atoms with Crippen molar-refractivity contribution in [3.05, 3.63) is 47.5 Å². The Morgan fingerprint density at radius 3 is 2.67 bits per heavy atom. The summed E-state index contributed by atoms with van der Waals surface area (Å²) in [5, 5.41) is 8.52. The number of allylic oxidation sites excluding steroid dienone is 2. The van der Waals surface area contributed by atoms with E-state index in [-0.39, 0.29) is 0 Å². The number of nitriles is 1. The molecule has 1 rings (SSSR count). The van der Waals surface area contributed by atoms with Crippen LogP contribution in [0.2, 0.25) is 0 Å². The van der Waals surface area contributed by atoms with Crippen LogP contribution in [0.3, 0.4) is 0 Å². The van der Waals surface area contributed by atoms with Crippen molar-refractivity contribution in [3.63, 3.8) is 0 Å². The standard InChI is InChI=1S/C13H13NO/c1-3-7-11-8-5-6-9-12(11)13(4-2)15-10-14/h3-9H,1-2H3/b7-3-,13-4+. The molecule has 0 unspecified atom stereocenters. The highest BCUT2D eigenvalue weighted by Gasteiger charge is 2.05. The Morgan fingerprint density at radius 2 is 2.07 bits per heavy atom. The van der Waals surface area contributed by atoms with Crippen LogP contribution in [-0.4, -0.2) is 0 Å². The van der Waals surface area contributed by atoms with E-state index in [0.717, 1.165) is 11.1 Å². The highest BCUT2D eigenvalue weighted by molar-refractivity contribution is 5.70. The lowest BCUT2D eigenvalue weighted by molar-refractivity contribution is 0.462. The Hall–Kier alpha value is -2.01. The van der Waals surface area contributed by atoms with Crippen molar-refractivity contribution in [2.45, 2.75) is 13.8 Å². The molecule has 0 aliphatic heterocycles. The molecule has 2 nitrogen and oxygen atoms in total. The fourth-order valence-electron chi connectivity index (χ4n) is 1.36. The highest BCUT2D eigenvalue weighted by atomic mass is 16.5. The first-order valence-corrected chi connectivity index (χ1v) is 4.77. The maximum Gasteiger partial charge on any atom is 0.292 e. The van der Waals surface area contributed by atoms with Crippen LogP contribution in [0, 0.1) is 11.5 Å². The Balaban J connectivity index is 3.18. The van der Waals surface area contributed by atoms with Crippen LogP contribution < -0.4 is 0 Å². The van der Waals surface area contributed by atoms with Crippen LogP contribution in [-0.2, 0) is 4.74 Å². The summed E-state index contributed by atoms with van der Waals surface area (Å²) >= 11 is 0. The zero-order chi connectivity index (χ0) is 11.1. The molecule has 0 aromatic heterocycles. The molecule has 0 saturated carbocycles. The van der Waals surface area contributed by atoms with Crippen LogP contribution in [0.5, 0.6) is 0 Å². The van der Waals surface area contributed by atoms with Gasteiger partial charge < -0.3 is 4.74 Å². The monoisotopic (exact) mass is 199 g/mol. The molecule has 1 aromatic rings. The van der Waals surface area contributed by atoms with Crippen molar-refractivity contribution in [1.29, 1.82) is 5.26 Å². The molecule has 0 aliphatic rings. The minimum atomic E-state index is 0.589. The topological polar surface area (TPSA) is 33.0 Å². The van der Waals surface area contributed by atoms with Gasteiger partial charge in [0.25, 0.3) is 6.26 Å². The first-order valence-electron chi connectivity index (χ1n) is 4.77. The van der Waals surface area contributed by atoms with Crippen LogP contribution in [0.25, 0.3) is 11.8 Å². The van der Waals surface area contributed by atoms with Gasteiger partial charge in [-0.15, -0.1) is 5.26 Å². The van der Waals surface area contributed by atoms with Crippen molar-refractivity contribution in [2.24, 2.45) is 0 Å². The summed E-state index contributed by atoms with van der Waals surface area (Å²) in [4.78, 5) is 0. The minimum Gasteiger partial charge on any atom is -0.388 e. The largest absolute Gasteiger partial charge is 0.388 e. The van der Waals surface area contributed by atoms with E-state index >= 15 is 0 Å². The molecule has 0 saturated heterocycles. The highest BCUT2D eigenvalue weighted by Crippen LogP contribution is 2.21. The lowest BCUT2D eigenvalue weighted by atomic mass is 10.1. The smallest absolute Gasteiger partial charge is 0.292 e. The van der Waals surface area contributed by atoms with Gasteiger partial charge in [0.2, 0.25) is 0 Å². The second kappa shape index (κ2) is 5.66. The molecule has 0 bridgehead atoms. The predicted octanol–water partition coefficient (Wildman–Crippen LogP) is 3.58. The Bertz CT molecular complexity index is 424. The van der Waals surface area contributed by atoms with Crippen molar-refractivity contribution in [3.8, 4) is 6.26 Å². The quantitative estimate of drug-likeness (QED) is 0.550. The maximum atomic E-state index is 8.52. The lowest BCUT2D eigenvalue weighted by Gasteiger charge is -2.06. The van der Waals surface area contributed by atoms with Gasteiger partial charge in [-0.2, -0.15) is 0 Å². The van der Waals surface area contributed by atoms with Crippen LogP contribution >= 0.6 is 0 Å². The zero-order valence-electron chi connectivity index (χ0n) is 8.90. The summed E-state index contributed by atoms with van der Waals surface area (Å²) in [5.74, 6) is 0.589. The number of nitrogens with zero attached hydrogens (tertiary/aromatic N) is 1. The second-order valence-electron chi connectivity index (χ2n) is 2.93.